The van der Waals surface area contributed by atoms with Crippen LogP contribution in [0.15, 0.2) is 72.9 Å². The molecule has 0 fully saturated rings. The molecule has 1 amide bonds. The van der Waals surface area contributed by atoms with Gasteiger partial charge >= 0.3 is 0 Å². The standard InChI is InChI=1S/C20H20N4O2/c25-19(16-8-3-1-4-9-16)23-18-12-14-22-20(24-18)21-13-7-15-26-17-10-5-2-6-11-17/h1-6,8-12,14H,7,13,15H2,(H2,21,22,23,24,25). The van der Waals surface area contributed by atoms with Gasteiger partial charge in [0.1, 0.15) is 11.6 Å². The molecule has 1 heterocycles. The van der Waals surface area contributed by atoms with E-state index in [-0.39, 0.29) is 5.91 Å². The van der Waals surface area contributed by atoms with Gasteiger partial charge < -0.3 is 15.4 Å². The minimum Gasteiger partial charge on any atom is -0.494 e. The van der Waals surface area contributed by atoms with Crippen LogP contribution in [0.5, 0.6) is 5.75 Å². The van der Waals surface area contributed by atoms with Crippen LogP contribution in [0.25, 0.3) is 0 Å². The number of nitrogens with zero attached hydrogens (tertiary/aromatic N) is 2. The lowest BCUT2D eigenvalue weighted by Crippen LogP contribution is -2.14. The van der Waals surface area contributed by atoms with Crippen molar-refractivity contribution in [1.29, 1.82) is 0 Å². The Labute approximate surface area is 152 Å². The average Bonchev–Trinajstić information content (AvgIpc) is 2.69. The lowest BCUT2D eigenvalue weighted by atomic mass is 10.2. The van der Waals surface area contributed by atoms with Crippen LogP contribution in [-0.2, 0) is 0 Å². The van der Waals surface area contributed by atoms with Crippen LogP contribution >= 0.6 is 0 Å². The fourth-order valence-corrected chi connectivity index (χ4v) is 2.27. The SMILES string of the molecule is O=C(Nc1ccnc(NCCCOc2ccccc2)n1)c1ccccc1. The van der Waals surface area contributed by atoms with Gasteiger partial charge in [0.05, 0.1) is 6.61 Å². The van der Waals surface area contributed by atoms with Crippen molar-refractivity contribution < 1.29 is 9.53 Å². The summed E-state index contributed by atoms with van der Waals surface area (Å²) in [6.45, 7) is 1.27. The number of rotatable bonds is 8. The van der Waals surface area contributed by atoms with E-state index < -0.39 is 0 Å². The highest BCUT2D eigenvalue weighted by atomic mass is 16.5. The molecule has 0 saturated carbocycles. The van der Waals surface area contributed by atoms with E-state index in [1.165, 1.54) is 0 Å². The third-order valence-electron chi connectivity index (χ3n) is 3.55. The summed E-state index contributed by atoms with van der Waals surface area (Å²) < 4.78 is 5.63. The summed E-state index contributed by atoms with van der Waals surface area (Å²) in [5, 5.41) is 5.90. The molecule has 3 rings (SSSR count). The Balaban J connectivity index is 1.44. The number of amides is 1. The molecule has 0 spiro atoms. The van der Waals surface area contributed by atoms with Crippen molar-refractivity contribution in [1.82, 2.24) is 9.97 Å². The van der Waals surface area contributed by atoms with Crippen molar-refractivity contribution in [3.8, 4) is 5.75 Å². The van der Waals surface area contributed by atoms with Crippen LogP contribution in [0, 0.1) is 0 Å². The zero-order valence-corrected chi connectivity index (χ0v) is 14.3. The van der Waals surface area contributed by atoms with Gasteiger partial charge in [-0.05, 0) is 36.8 Å². The van der Waals surface area contributed by atoms with Gasteiger partial charge in [-0.15, -0.1) is 0 Å². The number of nitrogens with one attached hydrogen (secondary N) is 2. The fourth-order valence-electron chi connectivity index (χ4n) is 2.27. The Morgan fingerprint density at radius 3 is 2.46 bits per heavy atom. The number of benzene rings is 2. The average molecular weight is 348 g/mol. The second-order valence-electron chi connectivity index (χ2n) is 5.53. The van der Waals surface area contributed by atoms with Crippen LogP contribution in [0.4, 0.5) is 11.8 Å². The molecule has 0 unspecified atom stereocenters. The van der Waals surface area contributed by atoms with E-state index in [0.717, 1.165) is 12.2 Å². The van der Waals surface area contributed by atoms with Gasteiger partial charge in [0, 0.05) is 18.3 Å². The first-order valence-corrected chi connectivity index (χ1v) is 8.42. The Morgan fingerprint density at radius 1 is 0.962 bits per heavy atom. The van der Waals surface area contributed by atoms with Crippen molar-refractivity contribution in [3.63, 3.8) is 0 Å². The topological polar surface area (TPSA) is 76.1 Å². The quantitative estimate of drug-likeness (QED) is 0.608. The summed E-state index contributed by atoms with van der Waals surface area (Å²) in [5.74, 6) is 1.58. The smallest absolute Gasteiger partial charge is 0.256 e. The van der Waals surface area contributed by atoms with Gasteiger partial charge in [-0.2, -0.15) is 4.98 Å². The highest BCUT2D eigenvalue weighted by Gasteiger charge is 2.06. The molecule has 1 aromatic heterocycles. The first kappa shape index (κ1) is 17.4. The van der Waals surface area contributed by atoms with Gasteiger partial charge in [-0.3, -0.25) is 4.79 Å². The normalized spacial score (nSPS) is 10.2. The van der Waals surface area contributed by atoms with E-state index in [1.54, 1.807) is 24.4 Å². The van der Waals surface area contributed by atoms with Gasteiger partial charge in [0.2, 0.25) is 5.95 Å². The summed E-state index contributed by atoms with van der Waals surface area (Å²) >= 11 is 0. The largest absolute Gasteiger partial charge is 0.494 e. The minimum atomic E-state index is -0.202. The van der Waals surface area contributed by atoms with E-state index in [9.17, 15) is 4.79 Å². The number of aromatic nitrogens is 2. The van der Waals surface area contributed by atoms with Crippen LogP contribution < -0.4 is 15.4 Å². The summed E-state index contributed by atoms with van der Waals surface area (Å²) in [4.78, 5) is 20.6. The highest BCUT2D eigenvalue weighted by molar-refractivity contribution is 6.03. The zero-order valence-electron chi connectivity index (χ0n) is 14.3. The molecule has 2 N–H and O–H groups in total. The van der Waals surface area contributed by atoms with Gasteiger partial charge in [0.15, 0.2) is 0 Å². The maximum atomic E-state index is 12.2. The molecule has 2 aromatic carbocycles. The van der Waals surface area contributed by atoms with E-state index in [2.05, 4.69) is 20.6 Å². The van der Waals surface area contributed by atoms with Crippen LogP contribution in [0.1, 0.15) is 16.8 Å². The predicted octanol–water partition coefficient (Wildman–Crippen LogP) is 3.61. The number of carbonyl (C=O) groups excluding carboxylic acids is 1. The molecular formula is C20H20N4O2. The molecule has 0 bridgehead atoms. The van der Waals surface area contributed by atoms with Crippen LogP contribution in [-0.4, -0.2) is 29.0 Å². The van der Waals surface area contributed by atoms with Crippen LogP contribution in [0.2, 0.25) is 0 Å². The second-order valence-corrected chi connectivity index (χ2v) is 5.53. The summed E-state index contributed by atoms with van der Waals surface area (Å²) in [6.07, 6.45) is 2.41. The number of para-hydroxylation sites is 1. The van der Waals surface area contributed by atoms with Crippen molar-refractivity contribution >= 4 is 17.7 Å². The van der Waals surface area contributed by atoms with E-state index >= 15 is 0 Å². The van der Waals surface area contributed by atoms with Crippen LogP contribution in [0.3, 0.4) is 0 Å². The fraction of sp³-hybridized carbons (Fsp3) is 0.150. The monoisotopic (exact) mass is 348 g/mol. The molecule has 0 radical (unpaired) electrons. The molecule has 6 heteroatoms. The Morgan fingerprint density at radius 2 is 1.69 bits per heavy atom. The molecule has 0 aliphatic carbocycles. The lowest BCUT2D eigenvalue weighted by molar-refractivity contribution is 0.102. The lowest BCUT2D eigenvalue weighted by Gasteiger charge is -2.08. The molecule has 26 heavy (non-hydrogen) atoms. The van der Waals surface area contributed by atoms with Gasteiger partial charge in [-0.25, -0.2) is 4.98 Å². The van der Waals surface area contributed by atoms with Gasteiger partial charge in [0.25, 0.3) is 5.91 Å². The first-order chi connectivity index (χ1) is 12.8. The van der Waals surface area contributed by atoms with Crippen molar-refractivity contribution in [2.45, 2.75) is 6.42 Å². The predicted molar refractivity (Wildman–Crippen MR) is 101 cm³/mol. The minimum absolute atomic E-state index is 0.202. The summed E-state index contributed by atoms with van der Waals surface area (Å²) in [6, 6.07) is 20.4. The number of hydrogen-bond acceptors (Lipinski definition) is 5. The van der Waals surface area contributed by atoms with E-state index in [1.807, 2.05) is 48.5 Å². The zero-order chi connectivity index (χ0) is 18.0. The van der Waals surface area contributed by atoms with Crippen molar-refractivity contribution in [2.24, 2.45) is 0 Å². The van der Waals surface area contributed by atoms with Gasteiger partial charge in [-0.1, -0.05) is 36.4 Å². The van der Waals surface area contributed by atoms with Crippen molar-refractivity contribution in [3.05, 3.63) is 78.5 Å². The molecule has 3 aromatic rings. The molecule has 0 aliphatic rings. The van der Waals surface area contributed by atoms with E-state index in [0.29, 0.717) is 30.5 Å². The van der Waals surface area contributed by atoms with E-state index in [4.69, 9.17) is 4.74 Å². The van der Waals surface area contributed by atoms with Crippen molar-refractivity contribution in [2.75, 3.05) is 23.8 Å². The number of anilines is 2. The summed E-state index contributed by atoms with van der Waals surface area (Å²) in [5.41, 5.74) is 0.582. The molecule has 0 saturated heterocycles. The Kier molecular flexibility index (Phi) is 6.14. The molecule has 6 nitrogen and oxygen atoms in total. The molecule has 0 atom stereocenters. The summed E-state index contributed by atoms with van der Waals surface area (Å²) in [7, 11) is 0. The molecule has 0 aliphatic heterocycles. The number of ether oxygens (including phenoxy) is 1. The Bertz CT molecular complexity index is 825. The maximum absolute atomic E-state index is 12.2. The molecule has 132 valence electrons. The Hall–Kier alpha value is -3.41. The number of carbonyl (C=O) groups is 1. The third kappa shape index (κ3) is 5.31. The second kappa shape index (κ2) is 9.17. The highest BCUT2D eigenvalue weighted by Crippen LogP contribution is 2.10. The number of hydrogen-bond donors (Lipinski definition) is 2. The molecular weight excluding hydrogens is 328 g/mol. The third-order valence-corrected chi connectivity index (χ3v) is 3.55. The maximum Gasteiger partial charge on any atom is 0.256 e. The first-order valence-electron chi connectivity index (χ1n) is 8.42.